The van der Waals surface area contributed by atoms with E-state index in [-0.39, 0.29) is 12.5 Å². The van der Waals surface area contributed by atoms with Crippen LogP contribution in [0.3, 0.4) is 0 Å². The van der Waals surface area contributed by atoms with E-state index in [0.717, 1.165) is 11.3 Å². The van der Waals surface area contributed by atoms with Crippen molar-refractivity contribution in [3.63, 3.8) is 0 Å². The number of amides is 1. The minimum atomic E-state index is -0.149. The maximum absolute atomic E-state index is 12.1. The molecule has 0 aliphatic rings. The highest BCUT2D eigenvalue weighted by Gasteiger charge is 2.15. The second-order valence-electron chi connectivity index (χ2n) is 5.33. The Morgan fingerprint density at radius 3 is 2.57 bits per heavy atom. The third-order valence-corrected chi connectivity index (χ3v) is 4.53. The average Bonchev–Trinajstić information content (AvgIpc) is 2.69. The number of carbonyl (C=O) groups is 1. The molecule has 1 N–H and O–H groups in total. The number of nitrogens with zero attached hydrogens (tertiary/aromatic N) is 3. The Morgan fingerprint density at radius 2 is 2.00 bits per heavy atom. The van der Waals surface area contributed by atoms with Gasteiger partial charge in [0.15, 0.2) is 0 Å². The summed E-state index contributed by atoms with van der Waals surface area (Å²) in [6.45, 7) is 2.64. The average molecular weight is 376 g/mol. The van der Waals surface area contributed by atoms with Crippen molar-refractivity contribution in [1.82, 2.24) is 14.7 Å². The molecule has 1 amide bonds. The van der Waals surface area contributed by atoms with Crippen molar-refractivity contribution in [2.24, 2.45) is 7.05 Å². The van der Waals surface area contributed by atoms with E-state index in [1.165, 1.54) is 0 Å². The van der Waals surface area contributed by atoms with Gasteiger partial charge in [-0.2, -0.15) is 5.10 Å². The summed E-state index contributed by atoms with van der Waals surface area (Å²) >= 11 is 18.0. The van der Waals surface area contributed by atoms with E-state index >= 15 is 0 Å². The first-order valence-electron chi connectivity index (χ1n) is 6.89. The molecule has 0 saturated heterocycles. The van der Waals surface area contributed by atoms with Gasteiger partial charge in [-0.25, -0.2) is 0 Å². The zero-order valence-corrected chi connectivity index (χ0v) is 15.3. The molecule has 0 radical (unpaired) electrons. The SMILES string of the molecule is Cc1nn(C)c(Cl)c1CN(C)CC(=O)Nc1ccc(Cl)c(Cl)c1. The van der Waals surface area contributed by atoms with E-state index in [9.17, 15) is 4.79 Å². The lowest BCUT2D eigenvalue weighted by molar-refractivity contribution is -0.117. The van der Waals surface area contributed by atoms with Crippen LogP contribution in [0.1, 0.15) is 11.3 Å². The largest absolute Gasteiger partial charge is 0.325 e. The normalized spacial score (nSPS) is 11.1. The Labute approximate surface area is 150 Å². The molecule has 124 valence electrons. The Morgan fingerprint density at radius 1 is 1.30 bits per heavy atom. The van der Waals surface area contributed by atoms with Crippen LogP contribution in [-0.4, -0.2) is 34.2 Å². The molecule has 5 nitrogen and oxygen atoms in total. The van der Waals surface area contributed by atoms with Crippen molar-refractivity contribution in [2.45, 2.75) is 13.5 Å². The van der Waals surface area contributed by atoms with Crippen LogP contribution in [-0.2, 0) is 18.4 Å². The minimum Gasteiger partial charge on any atom is -0.325 e. The van der Waals surface area contributed by atoms with Crippen LogP contribution in [0.25, 0.3) is 0 Å². The van der Waals surface area contributed by atoms with Gasteiger partial charge in [-0.3, -0.25) is 14.4 Å². The Kier molecular flexibility index (Phi) is 5.92. The highest BCUT2D eigenvalue weighted by molar-refractivity contribution is 6.42. The molecule has 0 spiro atoms. The molecule has 1 aromatic heterocycles. The van der Waals surface area contributed by atoms with Gasteiger partial charge in [0, 0.05) is 24.8 Å². The molecule has 0 bridgehead atoms. The molecule has 8 heteroatoms. The quantitative estimate of drug-likeness (QED) is 0.865. The van der Waals surface area contributed by atoms with E-state index in [4.69, 9.17) is 34.8 Å². The number of nitrogens with one attached hydrogen (secondary N) is 1. The first kappa shape index (κ1) is 18.1. The van der Waals surface area contributed by atoms with Crippen LogP contribution in [0.4, 0.5) is 5.69 Å². The monoisotopic (exact) mass is 374 g/mol. The number of benzene rings is 1. The molecule has 0 atom stereocenters. The van der Waals surface area contributed by atoms with Gasteiger partial charge in [-0.15, -0.1) is 0 Å². The molecular weight excluding hydrogens is 359 g/mol. The topological polar surface area (TPSA) is 50.2 Å². The number of aromatic nitrogens is 2. The van der Waals surface area contributed by atoms with Gasteiger partial charge in [0.2, 0.25) is 5.91 Å². The van der Waals surface area contributed by atoms with Crippen molar-refractivity contribution in [3.05, 3.63) is 44.7 Å². The first-order valence-corrected chi connectivity index (χ1v) is 8.02. The van der Waals surface area contributed by atoms with Crippen molar-refractivity contribution in [3.8, 4) is 0 Å². The standard InChI is InChI=1S/C15H17Cl3N4O/c1-9-11(15(18)22(3)20-9)7-21(2)8-14(23)19-10-4-5-12(16)13(17)6-10/h4-6H,7-8H2,1-3H3,(H,19,23). The summed E-state index contributed by atoms with van der Waals surface area (Å²) in [5, 5.41) is 8.47. The van der Waals surface area contributed by atoms with Gasteiger partial charge in [0.05, 0.1) is 22.3 Å². The molecule has 2 rings (SSSR count). The van der Waals surface area contributed by atoms with Crippen LogP contribution in [0.2, 0.25) is 15.2 Å². The van der Waals surface area contributed by atoms with Crippen LogP contribution >= 0.6 is 34.8 Å². The molecular formula is C15H17Cl3N4O. The second-order valence-corrected chi connectivity index (χ2v) is 6.50. The minimum absolute atomic E-state index is 0.149. The maximum Gasteiger partial charge on any atom is 0.238 e. The third-order valence-electron chi connectivity index (χ3n) is 3.31. The number of rotatable bonds is 5. The number of anilines is 1. The number of carbonyl (C=O) groups excluding carboxylic acids is 1. The summed E-state index contributed by atoms with van der Waals surface area (Å²) in [5.74, 6) is -0.149. The summed E-state index contributed by atoms with van der Waals surface area (Å²) in [6.07, 6.45) is 0. The lowest BCUT2D eigenvalue weighted by atomic mass is 10.2. The lowest BCUT2D eigenvalue weighted by Crippen LogP contribution is -2.30. The van der Waals surface area contributed by atoms with Gasteiger partial charge in [-0.1, -0.05) is 34.8 Å². The highest BCUT2D eigenvalue weighted by Crippen LogP contribution is 2.25. The summed E-state index contributed by atoms with van der Waals surface area (Å²) in [7, 11) is 3.63. The van der Waals surface area contributed by atoms with E-state index in [1.807, 2.05) is 18.9 Å². The number of halogens is 3. The van der Waals surface area contributed by atoms with E-state index in [0.29, 0.717) is 27.4 Å². The molecule has 0 fully saturated rings. The van der Waals surface area contributed by atoms with Crippen LogP contribution in [0.15, 0.2) is 18.2 Å². The smallest absolute Gasteiger partial charge is 0.238 e. The van der Waals surface area contributed by atoms with Gasteiger partial charge in [-0.05, 0) is 32.2 Å². The lowest BCUT2D eigenvalue weighted by Gasteiger charge is -2.16. The fourth-order valence-corrected chi connectivity index (χ4v) is 2.73. The number of hydrogen-bond donors (Lipinski definition) is 1. The predicted molar refractivity (Wildman–Crippen MR) is 94.4 cm³/mol. The fraction of sp³-hybridized carbons (Fsp3) is 0.333. The number of hydrogen-bond acceptors (Lipinski definition) is 3. The van der Waals surface area contributed by atoms with Crippen LogP contribution in [0, 0.1) is 6.92 Å². The second kappa shape index (κ2) is 7.53. The molecule has 0 saturated carbocycles. The Balaban J connectivity index is 1.95. The Hall–Kier alpha value is -1.27. The van der Waals surface area contributed by atoms with E-state index in [2.05, 4.69) is 10.4 Å². The first-order chi connectivity index (χ1) is 10.8. The van der Waals surface area contributed by atoms with Gasteiger partial charge >= 0.3 is 0 Å². The summed E-state index contributed by atoms with van der Waals surface area (Å²) in [6, 6.07) is 4.96. The van der Waals surface area contributed by atoms with Gasteiger partial charge < -0.3 is 5.32 Å². The molecule has 1 aromatic carbocycles. The maximum atomic E-state index is 12.1. The van der Waals surface area contributed by atoms with E-state index < -0.39 is 0 Å². The Bertz CT molecular complexity index is 730. The van der Waals surface area contributed by atoms with Crippen molar-refractivity contribution in [1.29, 1.82) is 0 Å². The highest BCUT2D eigenvalue weighted by atomic mass is 35.5. The summed E-state index contributed by atoms with van der Waals surface area (Å²) in [5.41, 5.74) is 2.38. The van der Waals surface area contributed by atoms with Crippen LogP contribution in [0.5, 0.6) is 0 Å². The van der Waals surface area contributed by atoms with Crippen molar-refractivity contribution < 1.29 is 4.79 Å². The number of aryl methyl sites for hydroxylation is 2. The molecule has 0 aliphatic heterocycles. The molecule has 1 heterocycles. The summed E-state index contributed by atoms with van der Waals surface area (Å²) in [4.78, 5) is 14.0. The van der Waals surface area contributed by atoms with Crippen molar-refractivity contribution in [2.75, 3.05) is 18.9 Å². The molecule has 2 aromatic rings. The molecule has 0 aliphatic carbocycles. The van der Waals surface area contributed by atoms with Crippen molar-refractivity contribution >= 4 is 46.4 Å². The zero-order valence-electron chi connectivity index (χ0n) is 13.0. The molecule has 0 unspecified atom stereocenters. The zero-order chi connectivity index (χ0) is 17.1. The fourth-order valence-electron chi connectivity index (χ4n) is 2.20. The third kappa shape index (κ3) is 4.61. The predicted octanol–water partition coefficient (Wildman–Crippen LogP) is 3.76. The summed E-state index contributed by atoms with van der Waals surface area (Å²) < 4.78 is 1.62. The van der Waals surface area contributed by atoms with Crippen LogP contribution < -0.4 is 5.32 Å². The van der Waals surface area contributed by atoms with Gasteiger partial charge in [0.1, 0.15) is 5.15 Å². The van der Waals surface area contributed by atoms with E-state index in [1.54, 1.807) is 29.9 Å². The number of likely N-dealkylation sites (N-methyl/N-ethyl adjacent to an activating group) is 1. The molecule has 23 heavy (non-hydrogen) atoms. The van der Waals surface area contributed by atoms with Gasteiger partial charge in [0.25, 0.3) is 0 Å².